The van der Waals surface area contributed by atoms with Crippen LogP contribution in [0.25, 0.3) is 0 Å². The van der Waals surface area contributed by atoms with Crippen LogP contribution < -0.4 is 10.6 Å². The maximum absolute atomic E-state index is 11.6. The van der Waals surface area contributed by atoms with Gasteiger partial charge >= 0.3 is 0 Å². The average molecular weight is 247 g/mol. The van der Waals surface area contributed by atoms with Crippen molar-refractivity contribution in [2.75, 3.05) is 17.2 Å². The van der Waals surface area contributed by atoms with E-state index in [1.54, 1.807) is 6.20 Å². The van der Waals surface area contributed by atoms with Gasteiger partial charge in [0, 0.05) is 17.3 Å². The van der Waals surface area contributed by atoms with Gasteiger partial charge in [0.05, 0.1) is 6.54 Å². The Hall–Kier alpha value is -1.88. The average Bonchev–Trinajstić information content (AvgIpc) is 2.79. The highest BCUT2D eigenvalue weighted by atomic mass is 32.1. The number of aromatic nitrogens is 1. The van der Waals surface area contributed by atoms with Crippen molar-refractivity contribution in [2.24, 2.45) is 0 Å². The number of rotatable bonds is 4. The fourth-order valence-corrected chi connectivity index (χ4v) is 1.92. The second kappa shape index (κ2) is 5.45. The number of nitrogens with zero attached hydrogens (tertiary/aromatic N) is 1. The number of amides is 1. The molecule has 0 bridgehead atoms. The molecule has 0 saturated heterocycles. The molecule has 88 valence electrons. The van der Waals surface area contributed by atoms with Crippen LogP contribution in [0.1, 0.15) is 5.56 Å². The summed E-state index contributed by atoms with van der Waals surface area (Å²) in [5.74, 6) is -0.0780. The van der Waals surface area contributed by atoms with Crippen molar-refractivity contribution in [2.45, 2.75) is 6.92 Å². The molecule has 17 heavy (non-hydrogen) atoms. The summed E-state index contributed by atoms with van der Waals surface area (Å²) in [7, 11) is 0. The van der Waals surface area contributed by atoms with E-state index in [0.717, 1.165) is 16.4 Å². The Morgan fingerprint density at radius 3 is 3.06 bits per heavy atom. The zero-order valence-electron chi connectivity index (χ0n) is 9.43. The van der Waals surface area contributed by atoms with Gasteiger partial charge in [-0.05, 0) is 24.6 Å². The van der Waals surface area contributed by atoms with Gasteiger partial charge in [0.15, 0.2) is 5.13 Å². The van der Waals surface area contributed by atoms with Crippen molar-refractivity contribution < 1.29 is 4.79 Å². The number of hydrogen-bond donors (Lipinski definition) is 2. The van der Waals surface area contributed by atoms with Gasteiger partial charge in [-0.2, -0.15) is 0 Å². The Balaban J connectivity index is 1.85. The predicted octanol–water partition coefficient (Wildman–Crippen LogP) is 2.50. The van der Waals surface area contributed by atoms with Gasteiger partial charge in [-0.3, -0.25) is 4.79 Å². The molecule has 0 saturated carbocycles. The lowest BCUT2D eigenvalue weighted by Gasteiger charge is -2.06. The molecule has 0 fully saturated rings. The largest absolute Gasteiger partial charge is 0.352 e. The number of carbonyl (C=O) groups excluding carboxylic acids is 1. The molecule has 2 rings (SSSR count). The number of hydrogen-bond acceptors (Lipinski definition) is 4. The quantitative estimate of drug-likeness (QED) is 0.872. The Bertz CT molecular complexity index is 496. The van der Waals surface area contributed by atoms with Gasteiger partial charge in [-0.1, -0.05) is 12.1 Å². The lowest BCUT2D eigenvalue weighted by Crippen LogP contribution is -2.21. The van der Waals surface area contributed by atoms with Crippen LogP contribution in [0.4, 0.5) is 10.8 Å². The minimum atomic E-state index is -0.0780. The molecule has 0 radical (unpaired) electrons. The molecule has 2 N–H and O–H groups in total. The van der Waals surface area contributed by atoms with Gasteiger partial charge in [0.1, 0.15) is 0 Å². The lowest BCUT2D eigenvalue weighted by atomic mass is 10.2. The smallest absolute Gasteiger partial charge is 0.243 e. The van der Waals surface area contributed by atoms with E-state index in [0.29, 0.717) is 0 Å². The van der Waals surface area contributed by atoms with Crippen molar-refractivity contribution in [3.8, 4) is 0 Å². The summed E-state index contributed by atoms with van der Waals surface area (Å²) in [6.07, 6.45) is 1.70. The molecule has 1 aromatic heterocycles. The van der Waals surface area contributed by atoms with Crippen molar-refractivity contribution in [1.29, 1.82) is 0 Å². The van der Waals surface area contributed by atoms with Crippen LogP contribution >= 0.6 is 11.3 Å². The predicted molar refractivity (Wildman–Crippen MR) is 70.4 cm³/mol. The second-order valence-electron chi connectivity index (χ2n) is 3.61. The standard InChI is InChI=1S/C12H13N3OS/c1-9-3-2-4-10(7-9)15-11(16)8-14-12-13-5-6-17-12/h2-7H,8H2,1H3,(H,13,14)(H,15,16). The topological polar surface area (TPSA) is 54.0 Å². The summed E-state index contributed by atoms with van der Waals surface area (Å²) in [6.45, 7) is 2.21. The minimum absolute atomic E-state index is 0.0780. The van der Waals surface area contributed by atoms with Gasteiger partial charge in [-0.25, -0.2) is 4.98 Å². The fourth-order valence-electron chi connectivity index (χ4n) is 1.39. The number of thiazole rings is 1. The number of aryl methyl sites for hydroxylation is 1. The Morgan fingerprint density at radius 1 is 1.47 bits per heavy atom. The van der Waals surface area contributed by atoms with E-state index in [2.05, 4.69) is 15.6 Å². The van der Waals surface area contributed by atoms with E-state index in [1.807, 2.05) is 36.6 Å². The Kier molecular flexibility index (Phi) is 3.72. The molecule has 0 atom stereocenters. The van der Waals surface area contributed by atoms with Crippen molar-refractivity contribution >= 4 is 28.1 Å². The van der Waals surface area contributed by atoms with E-state index in [9.17, 15) is 4.79 Å². The third kappa shape index (κ3) is 3.57. The molecule has 0 unspecified atom stereocenters. The summed E-state index contributed by atoms with van der Waals surface area (Å²) >= 11 is 1.47. The van der Waals surface area contributed by atoms with Gasteiger partial charge in [0.25, 0.3) is 0 Å². The minimum Gasteiger partial charge on any atom is -0.352 e. The molecular formula is C12H13N3OS. The molecule has 1 aromatic carbocycles. The molecule has 5 heteroatoms. The van der Waals surface area contributed by atoms with Crippen LogP contribution in [0.3, 0.4) is 0 Å². The first kappa shape index (κ1) is 11.6. The van der Waals surface area contributed by atoms with E-state index in [-0.39, 0.29) is 12.5 Å². The molecule has 4 nitrogen and oxygen atoms in total. The van der Waals surface area contributed by atoms with Crippen LogP contribution in [0.15, 0.2) is 35.8 Å². The van der Waals surface area contributed by atoms with E-state index < -0.39 is 0 Å². The monoisotopic (exact) mass is 247 g/mol. The summed E-state index contributed by atoms with van der Waals surface area (Å²) in [5, 5.41) is 8.39. The Labute approximate surface area is 104 Å². The molecule has 2 aromatic rings. The number of benzene rings is 1. The second-order valence-corrected chi connectivity index (χ2v) is 4.50. The lowest BCUT2D eigenvalue weighted by molar-refractivity contribution is -0.114. The first-order valence-corrected chi connectivity index (χ1v) is 6.12. The van der Waals surface area contributed by atoms with E-state index in [4.69, 9.17) is 0 Å². The van der Waals surface area contributed by atoms with Crippen molar-refractivity contribution in [1.82, 2.24) is 4.98 Å². The maximum Gasteiger partial charge on any atom is 0.243 e. The fraction of sp³-hybridized carbons (Fsp3) is 0.167. The third-order valence-electron chi connectivity index (χ3n) is 2.13. The van der Waals surface area contributed by atoms with Crippen LogP contribution in [0.5, 0.6) is 0 Å². The third-order valence-corrected chi connectivity index (χ3v) is 2.87. The van der Waals surface area contributed by atoms with Crippen LogP contribution in [-0.4, -0.2) is 17.4 Å². The number of anilines is 2. The van der Waals surface area contributed by atoms with Gasteiger partial charge in [-0.15, -0.1) is 11.3 Å². The van der Waals surface area contributed by atoms with Gasteiger partial charge in [0.2, 0.25) is 5.91 Å². The SMILES string of the molecule is Cc1cccc(NC(=O)CNc2nccs2)c1. The van der Waals surface area contributed by atoms with Crippen LogP contribution in [0.2, 0.25) is 0 Å². The van der Waals surface area contributed by atoms with E-state index in [1.165, 1.54) is 11.3 Å². The molecule has 1 amide bonds. The highest BCUT2D eigenvalue weighted by Gasteiger charge is 2.03. The number of carbonyl (C=O) groups is 1. The molecule has 0 aliphatic rings. The molecule has 0 aliphatic carbocycles. The molecule has 0 spiro atoms. The summed E-state index contributed by atoms with van der Waals surface area (Å²) in [6, 6.07) is 7.71. The van der Waals surface area contributed by atoms with E-state index >= 15 is 0 Å². The van der Waals surface area contributed by atoms with Crippen molar-refractivity contribution in [3.63, 3.8) is 0 Å². The highest BCUT2D eigenvalue weighted by Crippen LogP contribution is 2.11. The summed E-state index contributed by atoms with van der Waals surface area (Å²) in [5.41, 5.74) is 1.94. The van der Waals surface area contributed by atoms with Crippen LogP contribution in [-0.2, 0) is 4.79 Å². The van der Waals surface area contributed by atoms with Gasteiger partial charge < -0.3 is 10.6 Å². The Morgan fingerprint density at radius 2 is 2.35 bits per heavy atom. The summed E-state index contributed by atoms with van der Waals surface area (Å²) in [4.78, 5) is 15.7. The molecular weight excluding hydrogens is 234 g/mol. The zero-order chi connectivity index (χ0) is 12.1. The summed E-state index contributed by atoms with van der Waals surface area (Å²) < 4.78 is 0. The zero-order valence-corrected chi connectivity index (χ0v) is 10.3. The van der Waals surface area contributed by atoms with Crippen LogP contribution in [0, 0.1) is 6.92 Å². The first-order valence-electron chi connectivity index (χ1n) is 5.24. The normalized spacial score (nSPS) is 9.94. The maximum atomic E-state index is 11.6. The first-order chi connectivity index (χ1) is 8.24. The van der Waals surface area contributed by atoms with Crippen molar-refractivity contribution in [3.05, 3.63) is 41.4 Å². The molecule has 1 heterocycles. The molecule has 0 aliphatic heterocycles. The highest BCUT2D eigenvalue weighted by molar-refractivity contribution is 7.13. The number of nitrogens with one attached hydrogen (secondary N) is 2.